The summed E-state index contributed by atoms with van der Waals surface area (Å²) < 4.78 is 5.49. The third-order valence-corrected chi connectivity index (χ3v) is 2.80. The molecule has 6 heteroatoms. The van der Waals surface area contributed by atoms with Gasteiger partial charge in [-0.3, -0.25) is 15.1 Å². The van der Waals surface area contributed by atoms with Crippen molar-refractivity contribution < 1.29 is 9.66 Å². The van der Waals surface area contributed by atoms with Gasteiger partial charge in [0, 0.05) is 29.9 Å². The molecule has 0 unspecified atom stereocenters. The Hall–Kier alpha value is -2.14. The molecule has 0 spiro atoms. The van der Waals surface area contributed by atoms with Crippen molar-refractivity contribution in [2.45, 2.75) is 12.5 Å². The van der Waals surface area contributed by atoms with Crippen LogP contribution in [-0.4, -0.2) is 9.91 Å². The lowest BCUT2D eigenvalue weighted by Gasteiger charge is -2.07. The third-order valence-electron chi connectivity index (χ3n) is 2.49. The Balaban J connectivity index is 2.20. The van der Waals surface area contributed by atoms with Gasteiger partial charge in [-0.25, -0.2) is 0 Å². The molecule has 1 aromatic heterocycles. The van der Waals surface area contributed by atoms with E-state index in [1.807, 2.05) is 6.07 Å². The van der Waals surface area contributed by atoms with Gasteiger partial charge in [-0.15, -0.1) is 11.6 Å². The quantitative estimate of drug-likeness (QED) is 0.478. The molecule has 1 heterocycles. The molecule has 0 fully saturated rings. The van der Waals surface area contributed by atoms with Crippen LogP contribution in [0.3, 0.4) is 0 Å². The van der Waals surface area contributed by atoms with Crippen LogP contribution < -0.4 is 4.74 Å². The lowest BCUT2D eigenvalue weighted by molar-refractivity contribution is -0.386. The second kappa shape index (κ2) is 6.15. The van der Waals surface area contributed by atoms with Crippen LogP contribution in [0.5, 0.6) is 5.75 Å². The van der Waals surface area contributed by atoms with Gasteiger partial charge in [0.2, 0.25) is 0 Å². The molecule has 2 rings (SSSR count). The normalized spacial score (nSPS) is 10.2. The van der Waals surface area contributed by atoms with Crippen LogP contribution in [-0.2, 0) is 12.5 Å². The summed E-state index contributed by atoms with van der Waals surface area (Å²) in [7, 11) is 0. The number of nitrogens with zero attached hydrogens (tertiary/aromatic N) is 2. The fourth-order valence-electron chi connectivity index (χ4n) is 1.55. The van der Waals surface area contributed by atoms with Crippen LogP contribution in [0.15, 0.2) is 42.7 Å². The van der Waals surface area contributed by atoms with E-state index in [2.05, 4.69) is 4.98 Å². The van der Waals surface area contributed by atoms with Crippen molar-refractivity contribution in [3.05, 3.63) is 64.0 Å². The number of aromatic nitrogens is 1. The molecule has 5 nitrogen and oxygen atoms in total. The maximum Gasteiger partial charge on any atom is 0.310 e. The minimum Gasteiger partial charge on any atom is -0.482 e. The molecule has 0 bridgehead atoms. The molecule has 0 aliphatic rings. The topological polar surface area (TPSA) is 65.3 Å². The second-order valence-corrected chi connectivity index (χ2v) is 4.11. The molecule has 1 aromatic carbocycles. The van der Waals surface area contributed by atoms with E-state index in [-0.39, 0.29) is 23.9 Å². The highest BCUT2D eigenvalue weighted by molar-refractivity contribution is 6.17. The number of alkyl halides is 1. The van der Waals surface area contributed by atoms with E-state index in [4.69, 9.17) is 16.3 Å². The van der Waals surface area contributed by atoms with Gasteiger partial charge in [-0.1, -0.05) is 12.1 Å². The minimum atomic E-state index is -0.476. The average Bonchev–Trinajstić information content (AvgIpc) is 2.45. The van der Waals surface area contributed by atoms with Crippen LogP contribution in [0.1, 0.15) is 11.1 Å². The SMILES string of the molecule is O=[N+]([O-])c1ccc(CCl)cc1OCc1cccnc1. The van der Waals surface area contributed by atoms with Gasteiger partial charge < -0.3 is 4.74 Å². The fourth-order valence-corrected chi connectivity index (χ4v) is 1.72. The van der Waals surface area contributed by atoms with Gasteiger partial charge in [-0.2, -0.15) is 0 Å². The van der Waals surface area contributed by atoms with Crippen molar-refractivity contribution in [1.29, 1.82) is 0 Å². The van der Waals surface area contributed by atoms with Gasteiger partial charge in [0.1, 0.15) is 6.61 Å². The standard InChI is InChI=1S/C13H11ClN2O3/c14-7-10-3-4-12(16(17)18)13(6-10)19-9-11-2-1-5-15-8-11/h1-6,8H,7,9H2. The van der Waals surface area contributed by atoms with Gasteiger partial charge in [0.25, 0.3) is 0 Å². The number of hydrogen-bond donors (Lipinski definition) is 0. The molecule has 0 radical (unpaired) electrons. The van der Waals surface area contributed by atoms with Crippen LogP contribution >= 0.6 is 11.6 Å². The van der Waals surface area contributed by atoms with Crippen molar-refractivity contribution in [2.75, 3.05) is 0 Å². The van der Waals surface area contributed by atoms with E-state index in [1.54, 1.807) is 30.6 Å². The zero-order chi connectivity index (χ0) is 13.7. The zero-order valence-electron chi connectivity index (χ0n) is 9.95. The van der Waals surface area contributed by atoms with E-state index in [0.29, 0.717) is 0 Å². The maximum atomic E-state index is 10.9. The monoisotopic (exact) mass is 278 g/mol. The Morgan fingerprint density at radius 1 is 1.32 bits per heavy atom. The molecule has 0 N–H and O–H groups in total. The number of hydrogen-bond acceptors (Lipinski definition) is 4. The first kappa shape index (κ1) is 13.3. The summed E-state index contributed by atoms with van der Waals surface area (Å²) in [5.74, 6) is 0.494. The van der Waals surface area contributed by atoms with Crippen molar-refractivity contribution in [3.63, 3.8) is 0 Å². The second-order valence-electron chi connectivity index (χ2n) is 3.84. The third kappa shape index (κ3) is 3.42. The van der Waals surface area contributed by atoms with Gasteiger partial charge in [0.15, 0.2) is 5.75 Å². The summed E-state index contributed by atoms with van der Waals surface area (Å²) in [5.41, 5.74) is 1.54. The van der Waals surface area contributed by atoms with Gasteiger partial charge in [-0.05, 0) is 17.7 Å². The van der Waals surface area contributed by atoms with E-state index in [1.165, 1.54) is 6.07 Å². The van der Waals surface area contributed by atoms with E-state index in [9.17, 15) is 10.1 Å². The van der Waals surface area contributed by atoms with Gasteiger partial charge in [0.05, 0.1) is 4.92 Å². The molecule has 0 saturated heterocycles. The summed E-state index contributed by atoms with van der Waals surface area (Å²) in [6.07, 6.45) is 3.30. The lowest BCUT2D eigenvalue weighted by Crippen LogP contribution is -2.00. The zero-order valence-corrected chi connectivity index (χ0v) is 10.7. The van der Waals surface area contributed by atoms with Crippen LogP contribution in [0, 0.1) is 10.1 Å². The highest BCUT2D eigenvalue weighted by atomic mass is 35.5. The van der Waals surface area contributed by atoms with E-state index >= 15 is 0 Å². The number of rotatable bonds is 5. The maximum absolute atomic E-state index is 10.9. The predicted octanol–water partition coefficient (Wildman–Crippen LogP) is 3.31. The van der Waals surface area contributed by atoms with Crippen LogP contribution in [0.4, 0.5) is 5.69 Å². The number of ether oxygens (including phenoxy) is 1. The molecule has 2 aromatic rings. The highest BCUT2D eigenvalue weighted by Gasteiger charge is 2.15. The highest BCUT2D eigenvalue weighted by Crippen LogP contribution is 2.29. The van der Waals surface area contributed by atoms with Crippen LogP contribution in [0.2, 0.25) is 0 Å². The van der Waals surface area contributed by atoms with E-state index in [0.717, 1.165) is 11.1 Å². The lowest BCUT2D eigenvalue weighted by atomic mass is 10.2. The molecule has 0 aliphatic carbocycles. The molecular formula is C13H11ClN2O3. The largest absolute Gasteiger partial charge is 0.482 e. The molecule has 98 valence electrons. The van der Waals surface area contributed by atoms with Gasteiger partial charge >= 0.3 is 5.69 Å². The predicted molar refractivity (Wildman–Crippen MR) is 71.2 cm³/mol. The van der Waals surface area contributed by atoms with Crippen molar-refractivity contribution in [3.8, 4) is 5.75 Å². The Kier molecular flexibility index (Phi) is 4.30. The summed E-state index contributed by atoms with van der Waals surface area (Å²) in [5, 5.41) is 10.9. The first-order valence-corrected chi connectivity index (χ1v) is 6.09. The Bertz CT molecular complexity index is 575. The summed E-state index contributed by atoms with van der Waals surface area (Å²) in [6.45, 7) is 0.223. The van der Waals surface area contributed by atoms with Crippen molar-refractivity contribution in [1.82, 2.24) is 4.98 Å². The summed E-state index contributed by atoms with van der Waals surface area (Å²) in [6, 6.07) is 8.21. The Labute approximate surface area is 115 Å². The fraction of sp³-hybridized carbons (Fsp3) is 0.154. The van der Waals surface area contributed by atoms with Crippen molar-refractivity contribution in [2.24, 2.45) is 0 Å². The number of nitro groups is 1. The average molecular weight is 279 g/mol. The number of nitro benzene ring substituents is 1. The number of benzene rings is 1. The summed E-state index contributed by atoms with van der Waals surface area (Å²) in [4.78, 5) is 14.4. The molecular weight excluding hydrogens is 268 g/mol. The Morgan fingerprint density at radius 2 is 2.16 bits per heavy atom. The molecule has 19 heavy (non-hydrogen) atoms. The van der Waals surface area contributed by atoms with Crippen LogP contribution in [0.25, 0.3) is 0 Å². The van der Waals surface area contributed by atoms with E-state index < -0.39 is 4.92 Å². The smallest absolute Gasteiger partial charge is 0.310 e. The minimum absolute atomic E-state index is 0.0715. The first-order chi connectivity index (χ1) is 9.20. The molecule has 0 saturated carbocycles. The summed E-state index contributed by atoms with van der Waals surface area (Å²) >= 11 is 5.71. The molecule has 0 aliphatic heterocycles. The Morgan fingerprint density at radius 3 is 2.79 bits per heavy atom. The molecule has 0 atom stereocenters. The molecule has 0 amide bonds. The first-order valence-electron chi connectivity index (χ1n) is 5.55. The number of pyridine rings is 1. The van der Waals surface area contributed by atoms with Crippen molar-refractivity contribution >= 4 is 17.3 Å². The number of halogens is 1.